The number of hydrogen-bond donors (Lipinski definition) is 1. The molecule has 0 aliphatic heterocycles. The van der Waals surface area contributed by atoms with E-state index in [1.54, 1.807) is 7.11 Å². The van der Waals surface area contributed by atoms with Crippen molar-refractivity contribution in [3.05, 3.63) is 18.2 Å². The van der Waals surface area contributed by atoms with E-state index in [4.69, 9.17) is 10.5 Å². The van der Waals surface area contributed by atoms with Gasteiger partial charge in [0.1, 0.15) is 5.75 Å². The zero-order valence-corrected chi connectivity index (χ0v) is 10.9. The minimum absolute atomic E-state index is 0.413. The summed E-state index contributed by atoms with van der Waals surface area (Å²) < 4.78 is 7.44. The van der Waals surface area contributed by atoms with Crippen molar-refractivity contribution in [2.75, 3.05) is 12.8 Å². The second kappa shape index (κ2) is 4.19. The van der Waals surface area contributed by atoms with Crippen LogP contribution in [0.25, 0.3) is 11.0 Å². The van der Waals surface area contributed by atoms with E-state index in [1.165, 1.54) is 19.3 Å². The molecule has 1 unspecified atom stereocenters. The van der Waals surface area contributed by atoms with E-state index in [0.29, 0.717) is 12.0 Å². The Morgan fingerprint density at radius 2 is 2.22 bits per heavy atom. The standard InChI is InChI=1S/C14H19N3O/c1-9(10-4-3-5-10)17-13-8-11(18-2)6-7-12(13)16-14(17)15/h6-10H,3-5H2,1-2H3,(H2,15,16). The maximum Gasteiger partial charge on any atom is 0.201 e. The van der Waals surface area contributed by atoms with Crippen LogP contribution in [0.3, 0.4) is 0 Å². The predicted octanol–water partition coefficient (Wildman–Crippen LogP) is 2.99. The van der Waals surface area contributed by atoms with E-state index < -0.39 is 0 Å². The highest BCUT2D eigenvalue weighted by Gasteiger charge is 2.27. The van der Waals surface area contributed by atoms with Crippen LogP contribution in [0, 0.1) is 5.92 Å². The van der Waals surface area contributed by atoms with Crippen LogP contribution >= 0.6 is 0 Å². The van der Waals surface area contributed by atoms with Crippen LogP contribution in [0.1, 0.15) is 32.2 Å². The van der Waals surface area contributed by atoms with Gasteiger partial charge in [0.25, 0.3) is 0 Å². The molecule has 2 aromatic rings. The van der Waals surface area contributed by atoms with Gasteiger partial charge in [-0.05, 0) is 37.8 Å². The number of anilines is 1. The molecule has 96 valence electrons. The Bertz CT molecular complexity index is 572. The van der Waals surface area contributed by atoms with Gasteiger partial charge in [0, 0.05) is 12.1 Å². The summed E-state index contributed by atoms with van der Waals surface area (Å²) in [6.45, 7) is 2.24. The molecule has 18 heavy (non-hydrogen) atoms. The average Bonchev–Trinajstić information content (AvgIpc) is 2.61. The van der Waals surface area contributed by atoms with E-state index in [1.807, 2.05) is 18.2 Å². The minimum atomic E-state index is 0.413. The summed E-state index contributed by atoms with van der Waals surface area (Å²) in [5.74, 6) is 2.19. The van der Waals surface area contributed by atoms with Gasteiger partial charge < -0.3 is 15.0 Å². The summed E-state index contributed by atoms with van der Waals surface area (Å²) in [6, 6.07) is 6.33. The van der Waals surface area contributed by atoms with Gasteiger partial charge >= 0.3 is 0 Å². The monoisotopic (exact) mass is 245 g/mol. The topological polar surface area (TPSA) is 53.1 Å². The lowest BCUT2D eigenvalue weighted by Gasteiger charge is -2.33. The normalized spacial score (nSPS) is 17.7. The Labute approximate surface area is 107 Å². The van der Waals surface area contributed by atoms with Crippen LogP contribution in [0.15, 0.2) is 18.2 Å². The third kappa shape index (κ3) is 1.64. The van der Waals surface area contributed by atoms with Gasteiger partial charge in [0.15, 0.2) is 0 Å². The fourth-order valence-corrected chi connectivity index (χ4v) is 2.78. The number of hydrogen-bond acceptors (Lipinski definition) is 3. The highest BCUT2D eigenvalue weighted by molar-refractivity contribution is 5.80. The number of rotatable bonds is 3. The number of nitrogen functional groups attached to an aromatic ring is 1. The molecule has 1 fully saturated rings. The van der Waals surface area contributed by atoms with Crippen LogP contribution in [0.2, 0.25) is 0 Å². The van der Waals surface area contributed by atoms with Crippen LogP contribution in [-0.4, -0.2) is 16.7 Å². The Balaban J connectivity index is 2.10. The molecule has 0 bridgehead atoms. The molecule has 4 heteroatoms. The molecule has 1 aromatic heterocycles. The largest absolute Gasteiger partial charge is 0.497 e. The van der Waals surface area contributed by atoms with Crippen LogP contribution in [0.5, 0.6) is 5.75 Å². The van der Waals surface area contributed by atoms with Crippen molar-refractivity contribution < 1.29 is 4.74 Å². The summed E-state index contributed by atoms with van der Waals surface area (Å²) in [7, 11) is 1.68. The highest BCUT2D eigenvalue weighted by Crippen LogP contribution is 2.39. The summed E-state index contributed by atoms with van der Waals surface area (Å²) in [4.78, 5) is 4.44. The van der Waals surface area contributed by atoms with Gasteiger partial charge in [-0.15, -0.1) is 0 Å². The maximum absolute atomic E-state index is 6.07. The van der Waals surface area contributed by atoms with E-state index in [0.717, 1.165) is 22.7 Å². The number of nitrogens with two attached hydrogens (primary N) is 1. The molecule has 0 saturated heterocycles. The molecule has 1 aliphatic rings. The van der Waals surface area contributed by atoms with Crippen molar-refractivity contribution in [3.8, 4) is 5.75 Å². The fraction of sp³-hybridized carbons (Fsp3) is 0.500. The van der Waals surface area contributed by atoms with E-state index >= 15 is 0 Å². The first-order chi connectivity index (χ1) is 8.70. The smallest absolute Gasteiger partial charge is 0.201 e. The summed E-state index contributed by atoms with van der Waals surface area (Å²) >= 11 is 0. The number of benzene rings is 1. The van der Waals surface area contributed by atoms with Gasteiger partial charge in [-0.1, -0.05) is 6.42 Å². The molecule has 0 spiro atoms. The van der Waals surface area contributed by atoms with Gasteiger partial charge in [-0.2, -0.15) is 0 Å². The molecule has 1 atom stereocenters. The van der Waals surface area contributed by atoms with Crippen molar-refractivity contribution in [1.82, 2.24) is 9.55 Å². The van der Waals surface area contributed by atoms with E-state index in [9.17, 15) is 0 Å². The first kappa shape index (κ1) is 11.4. The SMILES string of the molecule is COc1ccc2nc(N)n(C(C)C3CCC3)c2c1. The zero-order chi connectivity index (χ0) is 12.7. The third-order valence-corrected chi connectivity index (χ3v) is 4.16. The van der Waals surface area contributed by atoms with E-state index in [-0.39, 0.29) is 0 Å². The Hall–Kier alpha value is -1.71. The molecule has 1 saturated carbocycles. The molecular weight excluding hydrogens is 226 g/mol. The fourth-order valence-electron chi connectivity index (χ4n) is 2.78. The average molecular weight is 245 g/mol. The van der Waals surface area contributed by atoms with Gasteiger partial charge in [-0.3, -0.25) is 0 Å². The van der Waals surface area contributed by atoms with Crippen molar-refractivity contribution in [3.63, 3.8) is 0 Å². The maximum atomic E-state index is 6.07. The number of aromatic nitrogens is 2. The lowest BCUT2D eigenvalue weighted by atomic mass is 9.80. The molecular formula is C14H19N3O. The number of ether oxygens (including phenoxy) is 1. The lowest BCUT2D eigenvalue weighted by molar-refractivity contribution is 0.227. The van der Waals surface area contributed by atoms with Crippen molar-refractivity contribution in [2.45, 2.75) is 32.2 Å². The van der Waals surface area contributed by atoms with Crippen molar-refractivity contribution >= 4 is 17.0 Å². The number of fused-ring (bicyclic) bond motifs is 1. The zero-order valence-electron chi connectivity index (χ0n) is 10.9. The first-order valence-electron chi connectivity index (χ1n) is 6.52. The van der Waals surface area contributed by atoms with Gasteiger partial charge in [0.05, 0.1) is 18.1 Å². The molecule has 1 aromatic carbocycles. The molecule has 2 N–H and O–H groups in total. The Morgan fingerprint density at radius 1 is 1.44 bits per heavy atom. The lowest BCUT2D eigenvalue weighted by Crippen LogP contribution is -2.23. The summed E-state index contributed by atoms with van der Waals surface area (Å²) in [5, 5.41) is 0. The van der Waals surface area contributed by atoms with Gasteiger partial charge in [0.2, 0.25) is 5.95 Å². The minimum Gasteiger partial charge on any atom is -0.497 e. The highest BCUT2D eigenvalue weighted by atomic mass is 16.5. The van der Waals surface area contributed by atoms with Crippen molar-refractivity contribution in [2.24, 2.45) is 5.92 Å². The third-order valence-electron chi connectivity index (χ3n) is 4.16. The van der Waals surface area contributed by atoms with Crippen LogP contribution < -0.4 is 10.5 Å². The molecule has 0 amide bonds. The van der Waals surface area contributed by atoms with Crippen molar-refractivity contribution in [1.29, 1.82) is 0 Å². The summed E-state index contributed by atoms with van der Waals surface area (Å²) in [6.07, 6.45) is 3.93. The molecule has 3 rings (SSSR count). The second-order valence-corrected chi connectivity index (χ2v) is 5.13. The number of imidazole rings is 1. The molecule has 1 aliphatic carbocycles. The number of nitrogens with zero attached hydrogens (tertiary/aromatic N) is 2. The molecule has 0 radical (unpaired) electrons. The Morgan fingerprint density at radius 3 is 2.83 bits per heavy atom. The summed E-state index contributed by atoms with van der Waals surface area (Å²) in [5.41, 5.74) is 8.09. The predicted molar refractivity (Wildman–Crippen MR) is 72.7 cm³/mol. The van der Waals surface area contributed by atoms with Crippen LogP contribution in [0.4, 0.5) is 5.95 Å². The quantitative estimate of drug-likeness (QED) is 0.904. The van der Waals surface area contributed by atoms with E-state index in [2.05, 4.69) is 16.5 Å². The number of methoxy groups -OCH3 is 1. The molecule has 1 heterocycles. The van der Waals surface area contributed by atoms with Crippen LogP contribution in [-0.2, 0) is 0 Å². The molecule has 4 nitrogen and oxygen atoms in total. The first-order valence-corrected chi connectivity index (χ1v) is 6.52. The second-order valence-electron chi connectivity index (χ2n) is 5.13. The van der Waals surface area contributed by atoms with Gasteiger partial charge in [-0.25, -0.2) is 4.98 Å². The Kier molecular flexibility index (Phi) is 2.65.